The highest BCUT2D eigenvalue weighted by Crippen LogP contribution is 2.32. The van der Waals surface area contributed by atoms with Crippen LogP contribution in [0.4, 0.5) is 0 Å². The molecule has 2 aromatic rings. The average Bonchev–Trinajstić information content (AvgIpc) is 3.16. The molecule has 1 unspecified atom stereocenters. The maximum atomic E-state index is 13.3. The molecule has 1 N–H and O–H groups in total. The number of fused-ring (bicyclic) bond motifs is 1. The van der Waals surface area contributed by atoms with E-state index in [1.165, 1.54) is 0 Å². The standard InChI is InChI=1S/C23H27ClN2O3/c1-25(23(28)22-9-7-17-13-18(24)8-10-21(17)29-22)20(16-5-3-2-4-6-16)15-26-12-11-19(27)14-26/h2-6,8,10,13,19-20,22,27H,7,9,11-12,14-15H2,1H3/t19-,20?,22-/m0/s1. The van der Waals surface area contributed by atoms with Crippen LogP contribution in [0.5, 0.6) is 5.75 Å². The molecule has 0 bridgehead atoms. The van der Waals surface area contributed by atoms with Gasteiger partial charge in [0, 0.05) is 31.7 Å². The predicted molar refractivity (Wildman–Crippen MR) is 113 cm³/mol. The highest BCUT2D eigenvalue weighted by molar-refractivity contribution is 6.30. The van der Waals surface area contributed by atoms with E-state index in [0.717, 1.165) is 36.3 Å². The maximum Gasteiger partial charge on any atom is 0.263 e. The maximum absolute atomic E-state index is 13.3. The fraction of sp³-hybridized carbons (Fsp3) is 0.435. The molecule has 0 aliphatic carbocycles. The lowest BCUT2D eigenvalue weighted by Crippen LogP contribution is -2.46. The summed E-state index contributed by atoms with van der Waals surface area (Å²) < 4.78 is 6.04. The smallest absolute Gasteiger partial charge is 0.263 e. The number of aliphatic hydroxyl groups is 1. The Balaban J connectivity index is 1.51. The van der Waals surface area contributed by atoms with Crippen LogP contribution in [0.2, 0.25) is 5.02 Å². The lowest BCUT2D eigenvalue weighted by Gasteiger charge is -2.35. The summed E-state index contributed by atoms with van der Waals surface area (Å²) in [5, 5.41) is 10.6. The van der Waals surface area contributed by atoms with Crippen molar-refractivity contribution in [2.24, 2.45) is 0 Å². The Hall–Kier alpha value is -2.08. The summed E-state index contributed by atoms with van der Waals surface area (Å²) in [6.45, 7) is 2.20. The topological polar surface area (TPSA) is 53.0 Å². The predicted octanol–water partition coefficient (Wildman–Crippen LogP) is 3.30. The zero-order valence-electron chi connectivity index (χ0n) is 16.6. The molecule has 4 rings (SSSR count). The van der Waals surface area contributed by atoms with E-state index in [1.807, 2.05) is 42.3 Å². The number of aryl methyl sites for hydroxylation is 1. The molecule has 0 radical (unpaired) electrons. The van der Waals surface area contributed by atoms with Crippen LogP contribution < -0.4 is 4.74 Å². The van der Waals surface area contributed by atoms with E-state index in [1.54, 1.807) is 6.07 Å². The highest BCUT2D eigenvalue weighted by Gasteiger charge is 2.34. The molecule has 6 heteroatoms. The Bertz CT molecular complexity index is 860. The molecular weight excluding hydrogens is 388 g/mol. The molecule has 1 fully saturated rings. The molecule has 2 aromatic carbocycles. The van der Waals surface area contributed by atoms with Crippen molar-refractivity contribution in [1.82, 2.24) is 9.80 Å². The van der Waals surface area contributed by atoms with Crippen LogP contribution in [0.25, 0.3) is 0 Å². The first-order chi connectivity index (χ1) is 14.0. The normalized spacial score (nSPS) is 22.6. The number of amides is 1. The van der Waals surface area contributed by atoms with E-state index in [2.05, 4.69) is 17.0 Å². The van der Waals surface area contributed by atoms with Gasteiger partial charge in [-0.05, 0) is 48.6 Å². The third-order valence-corrected chi connectivity index (χ3v) is 6.16. The van der Waals surface area contributed by atoms with E-state index in [0.29, 0.717) is 24.5 Å². The quantitative estimate of drug-likeness (QED) is 0.815. The molecule has 29 heavy (non-hydrogen) atoms. The van der Waals surface area contributed by atoms with Crippen molar-refractivity contribution in [2.75, 3.05) is 26.7 Å². The number of halogens is 1. The third-order valence-electron chi connectivity index (χ3n) is 5.92. The van der Waals surface area contributed by atoms with E-state index in [9.17, 15) is 9.90 Å². The second-order valence-electron chi connectivity index (χ2n) is 7.97. The van der Waals surface area contributed by atoms with Crippen molar-refractivity contribution in [3.63, 3.8) is 0 Å². The molecule has 154 valence electrons. The molecule has 0 spiro atoms. The van der Waals surface area contributed by atoms with Crippen LogP contribution >= 0.6 is 11.6 Å². The summed E-state index contributed by atoms with van der Waals surface area (Å²) >= 11 is 6.07. The Morgan fingerprint density at radius 1 is 1.28 bits per heavy atom. The zero-order valence-corrected chi connectivity index (χ0v) is 17.4. The van der Waals surface area contributed by atoms with Crippen LogP contribution in [-0.2, 0) is 11.2 Å². The van der Waals surface area contributed by atoms with Gasteiger partial charge in [0.1, 0.15) is 5.75 Å². The molecule has 1 saturated heterocycles. The zero-order chi connectivity index (χ0) is 20.4. The Morgan fingerprint density at radius 2 is 2.07 bits per heavy atom. The Kier molecular flexibility index (Phi) is 6.09. The van der Waals surface area contributed by atoms with Gasteiger partial charge in [-0.3, -0.25) is 9.69 Å². The minimum absolute atomic E-state index is 0.0146. The van der Waals surface area contributed by atoms with Crippen LogP contribution in [0.3, 0.4) is 0 Å². The molecule has 3 atom stereocenters. The molecular formula is C23H27ClN2O3. The number of nitrogens with zero attached hydrogens (tertiary/aromatic N) is 2. The molecule has 5 nitrogen and oxygen atoms in total. The number of β-amino-alcohol motifs (C(OH)–C–C–N with tert-alkyl or cyclic N) is 1. The molecule has 2 aliphatic rings. The number of likely N-dealkylation sites (tertiary alicyclic amines) is 1. The first kappa shape index (κ1) is 20.2. The number of rotatable bonds is 5. The van der Waals surface area contributed by atoms with Crippen molar-refractivity contribution in [1.29, 1.82) is 0 Å². The van der Waals surface area contributed by atoms with Gasteiger partial charge in [0.25, 0.3) is 5.91 Å². The van der Waals surface area contributed by atoms with E-state index in [4.69, 9.17) is 16.3 Å². The van der Waals surface area contributed by atoms with Gasteiger partial charge in [-0.1, -0.05) is 41.9 Å². The fourth-order valence-corrected chi connectivity index (χ4v) is 4.46. The Labute approximate surface area is 176 Å². The average molecular weight is 415 g/mol. The first-order valence-electron chi connectivity index (χ1n) is 10.2. The number of ether oxygens (including phenoxy) is 1. The van der Waals surface area contributed by atoms with Crippen LogP contribution in [-0.4, -0.2) is 59.7 Å². The molecule has 2 aliphatic heterocycles. The number of aliphatic hydroxyl groups excluding tert-OH is 1. The van der Waals surface area contributed by atoms with Gasteiger partial charge in [-0.25, -0.2) is 0 Å². The summed E-state index contributed by atoms with van der Waals surface area (Å²) in [5.41, 5.74) is 2.14. The number of hydrogen-bond donors (Lipinski definition) is 1. The van der Waals surface area contributed by atoms with Gasteiger partial charge in [0.2, 0.25) is 0 Å². The SMILES string of the molecule is CN(C(=O)[C@@H]1CCc2cc(Cl)ccc2O1)C(CN1CC[C@H](O)C1)c1ccccc1. The number of benzene rings is 2. The van der Waals surface area contributed by atoms with Gasteiger partial charge in [0.05, 0.1) is 12.1 Å². The lowest BCUT2D eigenvalue weighted by atomic mass is 10.00. The summed E-state index contributed by atoms with van der Waals surface area (Å²) in [6.07, 6.45) is 1.42. The van der Waals surface area contributed by atoms with Crippen molar-refractivity contribution >= 4 is 17.5 Å². The fourth-order valence-electron chi connectivity index (χ4n) is 4.26. The number of carbonyl (C=O) groups excluding carboxylic acids is 1. The van der Waals surface area contributed by atoms with Crippen molar-refractivity contribution in [3.8, 4) is 5.75 Å². The minimum Gasteiger partial charge on any atom is -0.480 e. The molecule has 2 heterocycles. The van der Waals surface area contributed by atoms with Gasteiger partial charge >= 0.3 is 0 Å². The van der Waals surface area contributed by atoms with Gasteiger partial charge in [0.15, 0.2) is 6.10 Å². The van der Waals surface area contributed by atoms with Gasteiger partial charge in [-0.15, -0.1) is 0 Å². The largest absolute Gasteiger partial charge is 0.480 e. The Morgan fingerprint density at radius 3 is 2.79 bits per heavy atom. The van der Waals surface area contributed by atoms with E-state index >= 15 is 0 Å². The third kappa shape index (κ3) is 4.58. The van der Waals surface area contributed by atoms with Gasteiger partial charge < -0.3 is 14.7 Å². The summed E-state index contributed by atoms with van der Waals surface area (Å²) in [4.78, 5) is 17.4. The first-order valence-corrected chi connectivity index (χ1v) is 10.6. The summed E-state index contributed by atoms with van der Waals surface area (Å²) in [7, 11) is 1.85. The van der Waals surface area contributed by atoms with Gasteiger partial charge in [-0.2, -0.15) is 0 Å². The van der Waals surface area contributed by atoms with Crippen LogP contribution in [0.15, 0.2) is 48.5 Å². The van der Waals surface area contributed by atoms with Crippen LogP contribution in [0, 0.1) is 0 Å². The van der Waals surface area contributed by atoms with Crippen molar-refractivity contribution in [3.05, 3.63) is 64.7 Å². The lowest BCUT2D eigenvalue weighted by molar-refractivity contribution is -0.140. The molecule has 0 aromatic heterocycles. The highest BCUT2D eigenvalue weighted by atomic mass is 35.5. The summed E-state index contributed by atoms with van der Waals surface area (Å²) in [6, 6.07) is 15.5. The minimum atomic E-state index is -0.496. The van der Waals surface area contributed by atoms with E-state index < -0.39 is 6.10 Å². The molecule has 0 saturated carbocycles. The molecule has 1 amide bonds. The number of hydrogen-bond acceptors (Lipinski definition) is 4. The summed E-state index contributed by atoms with van der Waals surface area (Å²) in [5.74, 6) is 0.727. The van der Waals surface area contributed by atoms with Crippen LogP contribution in [0.1, 0.15) is 30.0 Å². The van der Waals surface area contributed by atoms with E-state index in [-0.39, 0.29) is 18.1 Å². The second kappa shape index (κ2) is 8.74. The monoisotopic (exact) mass is 414 g/mol. The van der Waals surface area contributed by atoms with Crippen molar-refractivity contribution in [2.45, 2.75) is 37.5 Å². The second-order valence-corrected chi connectivity index (χ2v) is 8.41. The number of carbonyl (C=O) groups is 1. The number of likely N-dealkylation sites (N-methyl/N-ethyl adjacent to an activating group) is 1. The van der Waals surface area contributed by atoms with Crippen molar-refractivity contribution < 1.29 is 14.6 Å².